The monoisotopic (exact) mass is 276 g/mol. The van der Waals surface area contributed by atoms with Gasteiger partial charge in [-0.1, -0.05) is 15.9 Å². The predicted molar refractivity (Wildman–Crippen MR) is 61.8 cm³/mol. The average molecular weight is 277 g/mol. The summed E-state index contributed by atoms with van der Waals surface area (Å²) >= 11 is 4.81. The number of aromatic nitrogens is 1. The van der Waals surface area contributed by atoms with Gasteiger partial charge in [-0.15, -0.1) is 11.3 Å². The lowest BCUT2D eigenvalue weighted by atomic mass is 10.3. The predicted octanol–water partition coefficient (Wildman–Crippen LogP) is 2.41. The number of carbonyl (C=O) groups is 1. The molecule has 1 heterocycles. The first-order chi connectivity index (χ1) is 6.63. The Morgan fingerprint density at radius 2 is 2.50 bits per heavy atom. The lowest BCUT2D eigenvalue weighted by Gasteiger charge is -2.10. The fourth-order valence-electron chi connectivity index (χ4n) is 1.03. The van der Waals surface area contributed by atoms with Crippen molar-refractivity contribution < 1.29 is 4.79 Å². The fraction of sp³-hybridized carbons (Fsp3) is 0.556. The van der Waals surface area contributed by atoms with Crippen LogP contribution in [0.5, 0.6) is 0 Å². The second-order valence-electron chi connectivity index (χ2n) is 3.06. The molecule has 1 rings (SSSR count). The molecule has 5 heteroatoms. The Morgan fingerprint density at radius 1 is 1.79 bits per heavy atom. The lowest BCUT2D eigenvalue weighted by Crippen LogP contribution is -2.26. The molecule has 78 valence electrons. The minimum absolute atomic E-state index is 0.0141. The topological polar surface area (TPSA) is 42.0 Å². The van der Waals surface area contributed by atoms with Gasteiger partial charge in [-0.2, -0.15) is 0 Å². The molecule has 0 saturated heterocycles. The molecule has 0 aliphatic heterocycles. The van der Waals surface area contributed by atoms with Crippen LogP contribution < -0.4 is 5.32 Å². The van der Waals surface area contributed by atoms with Crippen molar-refractivity contribution in [2.24, 2.45) is 0 Å². The summed E-state index contributed by atoms with van der Waals surface area (Å²) in [4.78, 5) is 15.6. The van der Waals surface area contributed by atoms with E-state index in [4.69, 9.17) is 0 Å². The lowest BCUT2D eigenvalue weighted by molar-refractivity contribution is -0.121. The summed E-state index contributed by atoms with van der Waals surface area (Å²) < 4.78 is 0. The molecular formula is C9H13BrN2OS. The third-order valence-electron chi connectivity index (χ3n) is 1.71. The van der Waals surface area contributed by atoms with E-state index in [9.17, 15) is 4.79 Å². The van der Waals surface area contributed by atoms with Crippen molar-refractivity contribution >= 4 is 33.2 Å². The van der Waals surface area contributed by atoms with E-state index in [1.165, 1.54) is 0 Å². The summed E-state index contributed by atoms with van der Waals surface area (Å²) in [5.74, 6) is 0.0576. The number of alkyl halides is 1. The Morgan fingerprint density at radius 3 is 3.00 bits per heavy atom. The van der Waals surface area contributed by atoms with E-state index in [2.05, 4.69) is 26.2 Å². The van der Waals surface area contributed by atoms with Gasteiger partial charge < -0.3 is 5.32 Å². The van der Waals surface area contributed by atoms with E-state index in [1.807, 2.05) is 19.2 Å². The van der Waals surface area contributed by atoms with Crippen LogP contribution in [0.3, 0.4) is 0 Å². The zero-order valence-corrected chi connectivity index (χ0v) is 10.6. The number of halogens is 1. The van der Waals surface area contributed by atoms with Crippen LogP contribution in [-0.2, 0) is 4.79 Å². The van der Waals surface area contributed by atoms with Gasteiger partial charge in [0.1, 0.15) is 5.01 Å². The maximum absolute atomic E-state index is 11.3. The molecule has 0 aliphatic carbocycles. The number of nitrogens with one attached hydrogen (secondary N) is 1. The smallest absolute Gasteiger partial charge is 0.221 e. The summed E-state index contributed by atoms with van der Waals surface area (Å²) in [6.07, 6.45) is 0.509. The molecule has 14 heavy (non-hydrogen) atoms. The molecule has 0 spiro atoms. The SMILES string of the molecule is Cc1csc(C(C)NC(=O)CCBr)n1. The molecule has 0 fully saturated rings. The quantitative estimate of drug-likeness (QED) is 0.859. The maximum atomic E-state index is 11.3. The van der Waals surface area contributed by atoms with E-state index < -0.39 is 0 Å². The summed E-state index contributed by atoms with van der Waals surface area (Å²) in [6.45, 7) is 3.90. The molecule has 3 nitrogen and oxygen atoms in total. The molecule has 1 aromatic heterocycles. The van der Waals surface area contributed by atoms with Crippen LogP contribution in [0.2, 0.25) is 0 Å². The number of aryl methyl sites for hydroxylation is 1. The van der Waals surface area contributed by atoms with Gasteiger partial charge in [0.05, 0.1) is 6.04 Å². The number of hydrogen-bond acceptors (Lipinski definition) is 3. The van der Waals surface area contributed by atoms with Crippen molar-refractivity contribution in [2.75, 3.05) is 5.33 Å². The Bertz CT molecular complexity index is 314. The minimum atomic E-state index is 0.0141. The Kier molecular flexibility index (Phi) is 4.54. The number of amides is 1. The van der Waals surface area contributed by atoms with Crippen LogP contribution in [-0.4, -0.2) is 16.2 Å². The van der Waals surface area contributed by atoms with Gasteiger partial charge in [0.2, 0.25) is 5.91 Å². The summed E-state index contributed by atoms with van der Waals surface area (Å²) in [7, 11) is 0. The number of nitrogens with zero attached hydrogens (tertiary/aromatic N) is 1. The Labute approximate surface area is 96.1 Å². The molecule has 1 amide bonds. The first-order valence-corrected chi connectivity index (χ1v) is 6.41. The average Bonchev–Trinajstić information content (AvgIpc) is 2.52. The zero-order valence-electron chi connectivity index (χ0n) is 8.21. The number of thiazole rings is 1. The standard InChI is InChI=1S/C9H13BrN2OS/c1-6-5-14-9(11-6)7(2)12-8(13)3-4-10/h5,7H,3-4H2,1-2H3,(H,12,13). The molecule has 1 aromatic rings. The second-order valence-corrected chi connectivity index (χ2v) is 4.74. The minimum Gasteiger partial charge on any atom is -0.347 e. The van der Waals surface area contributed by atoms with Gasteiger partial charge in [0.15, 0.2) is 0 Å². The molecule has 0 saturated carbocycles. The van der Waals surface area contributed by atoms with Crippen molar-refractivity contribution in [1.29, 1.82) is 0 Å². The van der Waals surface area contributed by atoms with Gasteiger partial charge in [0.25, 0.3) is 0 Å². The van der Waals surface area contributed by atoms with Gasteiger partial charge in [0, 0.05) is 22.8 Å². The number of rotatable bonds is 4. The number of hydrogen-bond donors (Lipinski definition) is 1. The first kappa shape index (κ1) is 11.7. The van der Waals surface area contributed by atoms with E-state index in [1.54, 1.807) is 11.3 Å². The maximum Gasteiger partial charge on any atom is 0.221 e. The summed E-state index contributed by atoms with van der Waals surface area (Å²) in [5.41, 5.74) is 1.01. The molecule has 1 unspecified atom stereocenters. The van der Waals surface area contributed by atoms with Crippen LogP contribution in [0, 0.1) is 6.92 Å². The van der Waals surface area contributed by atoms with Crippen LogP contribution in [0.25, 0.3) is 0 Å². The van der Waals surface area contributed by atoms with Crippen molar-refractivity contribution in [1.82, 2.24) is 10.3 Å². The van der Waals surface area contributed by atoms with Crippen LogP contribution in [0.1, 0.15) is 30.1 Å². The molecule has 1 atom stereocenters. The van der Waals surface area contributed by atoms with Crippen molar-refractivity contribution in [3.63, 3.8) is 0 Å². The molecule has 0 aliphatic rings. The van der Waals surface area contributed by atoms with Crippen molar-refractivity contribution in [2.45, 2.75) is 26.3 Å². The fourth-order valence-corrected chi connectivity index (χ4v) is 2.20. The largest absolute Gasteiger partial charge is 0.347 e. The number of carbonyl (C=O) groups excluding carboxylic acids is 1. The van der Waals surface area contributed by atoms with Gasteiger partial charge in [-0.25, -0.2) is 4.98 Å². The van der Waals surface area contributed by atoms with Crippen LogP contribution in [0.4, 0.5) is 0 Å². The second kappa shape index (κ2) is 5.46. The van der Waals surface area contributed by atoms with Crippen molar-refractivity contribution in [3.05, 3.63) is 16.1 Å². The Balaban J connectivity index is 2.50. The van der Waals surface area contributed by atoms with E-state index in [-0.39, 0.29) is 11.9 Å². The highest BCUT2D eigenvalue weighted by Crippen LogP contribution is 2.17. The molecule has 1 N–H and O–H groups in total. The highest BCUT2D eigenvalue weighted by molar-refractivity contribution is 9.09. The highest BCUT2D eigenvalue weighted by Gasteiger charge is 2.11. The normalized spacial score (nSPS) is 12.5. The highest BCUT2D eigenvalue weighted by atomic mass is 79.9. The molecular weight excluding hydrogens is 264 g/mol. The molecule has 0 radical (unpaired) electrons. The van der Waals surface area contributed by atoms with E-state index >= 15 is 0 Å². The third-order valence-corrected chi connectivity index (χ3v) is 3.25. The molecule has 0 aromatic carbocycles. The van der Waals surface area contributed by atoms with Gasteiger partial charge >= 0.3 is 0 Å². The van der Waals surface area contributed by atoms with Gasteiger partial charge in [-0.05, 0) is 13.8 Å². The van der Waals surface area contributed by atoms with Crippen LogP contribution >= 0.6 is 27.3 Å². The van der Waals surface area contributed by atoms with Crippen LogP contribution in [0.15, 0.2) is 5.38 Å². The summed E-state index contributed by atoms with van der Waals surface area (Å²) in [6, 6.07) is 0.0141. The zero-order chi connectivity index (χ0) is 10.6. The van der Waals surface area contributed by atoms with E-state index in [0.717, 1.165) is 10.7 Å². The van der Waals surface area contributed by atoms with E-state index in [0.29, 0.717) is 11.8 Å². The van der Waals surface area contributed by atoms with Crippen molar-refractivity contribution in [3.8, 4) is 0 Å². The molecule has 0 bridgehead atoms. The van der Waals surface area contributed by atoms with Gasteiger partial charge in [-0.3, -0.25) is 4.79 Å². The third kappa shape index (κ3) is 3.38. The summed E-state index contributed by atoms with van der Waals surface area (Å²) in [5, 5.41) is 6.54. The first-order valence-electron chi connectivity index (χ1n) is 4.41. The Hall–Kier alpha value is -0.420.